The third kappa shape index (κ3) is 3.19. The van der Waals surface area contributed by atoms with Crippen molar-refractivity contribution >= 4 is 0 Å². The molecule has 0 amide bonds. The first kappa shape index (κ1) is 15.7. The topological polar surface area (TPSA) is 32.7 Å². The second-order valence-electron chi connectivity index (χ2n) is 7.30. The van der Waals surface area contributed by atoms with Gasteiger partial charge in [-0.15, -0.1) is 0 Å². The third-order valence-corrected chi connectivity index (χ3v) is 5.49. The Kier molecular flexibility index (Phi) is 4.30. The minimum Gasteiger partial charge on any atom is -0.489 e. The molecule has 3 nitrogen and oxygen atoms in total. The fourth-order valence-electron chi connectivity index (χ4n) is 3.95. The van der Waals surface area contributed by atoms with Crippen molar-refractivity contribution in [1.29, 1.82) is 0 Å². The molecule has 1 aliphatic heterocycles. The summed E-state index contributed by atoms with van der Waals surface area (Å²) in [5.74, 6) is 2.16. The van der Waals surface area contributed by atoms with Crippen molar-refractivity contribution in [3.05, 3.63) is 65.2 Å². The standard InChI is InChI=1S/C21H25NO2/c1-15-6-8-16(9-7-15)14-24-21-5-3-2-4-17(21)11-22-12-18-10-20(23)19(18)13-22/h2-9,18-20,23H,10-14H2,1H3/t18-,19+,20+/m1/s1. The third-order valence-electron chi connectivity index (χ3n) is 5.49. The number of rotatable bonds is 5. The van der Waals surface area contributed by atoms with Crippen LogP contribution in [-0.4, -0.2) is 29.2 Å². The molecule has 1 N–H and O–H groups in total. The molecule has 0 radical (unpaired) electrons. The van der Waals surface area contributed by atoms with Gasteiger partial charge >= 0.3 is 0 Å². The molecule has 0 unspecified atom stereocenters. The van der Waals surface area contributed by atoms with Crippen LogP contribution in [-0.2, 0) is 13.2 Å². The molecule has 1 saturated heterocycles. The van der Waals surface area contributed by atoms with Gasteiger partial charge in [0.15, 0.2) is 0 Å². The van der Waals surface area contributed by atoms with E-state index < -0.39 is 0 Å². The molecule has 2 aromatic rings. The van der Waals surface area contributed by atoms with Crippen LogP contribution in [0.4, 0.5) is 0 Å². The van der Waals surface area contributed by atoms with E-state index in [1.165, 1.54) is 16.7 Å². The van der Waals surface area contributed by atoms with Crippen molar-refractivity contribution in [2.45, 2.75) is 32.6 Å². The van der Waals surface area contributed by atoms with Gasteiger partial charge in [0, 0.05) is 31.1 Å². The molecule has 3 heteroatoms. The quantitative estimate of drug-likeness (QED) is 0.915. The van der Waals surface area contributed by atoms with Crippen molar-refractivity contribution in [2.75, 3.05) is 13.1 Å². The highest BCUT2D eigenvalue weighted by atomic mass is 16.5. The molecule has 3 atom stereocenters. The first-order valence-electron chi connectivity index (χ1n) is 8.86. The van der Waals surface area contributed by atoms with Crippen molar-refractivity contribution in [3.8, 4) is 5.75 Å². The average molecular weight is 323 g/mol. The van der Waals surface area contributed by atoms with E-state index in [2.05, 4.69) is 54.3 Å². The first-order valence-corrected chi connectivity index (χ1v) is 8.86. The number of nitrogens with zero attached hydrogens (tertiary/aromatic N) is 1. The van der Waals surface area contributed by atoms with Gasteiger partial charge in [0.05, 0.1) is 6.10 Å². The number of aryl methyl sites for hydroxylation is 1. The lowest BCUT2D eigenvalue weighted by Gasteiger charge is -2.35. The van der Waals surface area contributed by atoms with Gasteiger partial charge in [-0.2, -0.15) is 0 Å². The summed E-state index contributed by atoms with van der Waals surface area (Å²) in [5.41, 5.74) is 3.70. The van der Waals surface area contributed by atoms with Crippen LogP contribution in [0, 0.1) is 18.8 Å². The van der Waals surface area contributed by atoms with Crippen molar-refractivity contribution in [3.63, 3.8) is 0 Å². The average Bonchev–Trinajstić information content (AvgIpc) is 2.92. The predicted octanol–water partition coefficient (Wildman–Crippen LogP) is 3.39. The summed E-state index contributed by atoms with van der Waals surface area (Å²) in [6, 6.07) is 16.8. The van der Waals surface area contributed by atoms with Gasteiger partial charge in [-0.1, -0.05) is 48.0 Å². The number of likely N-dealkylation sites (tertiary alicyclic amines) is 1. The molecular formula is C21H25NO2. The minimum atomic E-state index is -0.0759. The second kappa shape index (κ2) is 6.58. The van der Waals surface area contributed by atoms with Gasteiger partial charge in [-0.3, -0.25) is 4.90 Å². The molecule has 126 valence electrons. The predicted molar refractivity (Wildman–Crippen MR) is 94.8 cm³/mol. The van der Waals surface area contributed by atoms with Crippen molar-refractivity contribution < 1.29 is 9.84 Å². The molecule has 24 heavy (non-hydrogen) atoms. The molecule has 0 aromatic heterocycles. The van der Waals surface area contributed by atoms with Gasteiger partial charge in [-0.05, 0) is 30.9 Å². The summed E-state index contributed by atoms with van der Waals surface area (Å²) in [6.45, 7) is 5.72. The normalized spacial score (nSPS) is 26.0. The zero-order chi connectivity index (χ0) is 16.5. The monoisotopic (exact) mass is 323 g/mol. The Morgan fingerprint density at radius 2 is 1.88 bits per heavy atom. The van der Waals surface area contributed by atoms with Crippen LogP contribution in [0.25, 0.3) is 0 Å². The lowest BCUT2D eigenvalue weighted by molar-refractivity contribution is -0.00435. The lowest BCUT2D eigenvalue weighted by atomic mass is 9.74. The molecule has 0 spiro atoms. The molecule has 1 saturated carbocycles. The summed E-state index contributed by atoms with van der Waals surface area (Å²) >= 11 is 0. The fraction of sp³-hybridized carbons (Fsp3) is 0.429. The summed E-state index contributed by atoms with van der Waals surface area (Å²) in [7, 11) is 0. The maximum Gasteiger partial charge on any atom is 0.124 e. The number of hydrogen-bond acceptors (Lipinski definition) is 3. The SMILES string of the molecule is Cc1ccc(COc2ccccc2CN2C[C@H]3C[C@H](O)[C@H]3C2)cc1. The lowest BCUT2D eigenvalue weighted by Crippen LogP contribution is -2.39. The number of ether oxygens (including phenoxy) is 1. The number of aliphatic hydroxyl groups excluding tert-OH is 1. The first-order chi connectivity index (χ1) is 11.7. The smallest absolute Gasteiger partial charge is 0.124 e. The Hall–Kier alpha value is -1.84. The Morgan fingerprint density at radius 3 is 2.62 bits per heavy atom. The molecule has 0 bridgehead atoms. The van der Waals surface area contributed by atoms with Crippen LogP contribution in [0.2, 0.25) is 0 Å². The zero-order valence-corrected chi connectivity index (χ0v) is 14.2. The van der Waals surface area contributed by atoms with E-state index in [0.29, 0.717) is 18.4 Å². The molecule has 2 aliphatic rings. The summed E-state index contributed by atoms with van der Waals surface area (Å²) < 4.78 is 6.09. The highest BCUT2D eigenvalue weighted by molar-refractivity contribution is 5.34. The van der Waals surface area contributed by atoms with Crippen LogP contribution in [0.5, 0.6) is 5.75 Å². The second-order valence-corrected chi connectivity index (χ2v) is 7.30. The van der Waals surface area contributed by atoms with E-state index in [-0.39, 0.29) is 6.10 Å². The van der Waals surface area contributed by atoms with Gasteiger partial charge in [-0.25, -0.2) is 0 Å². The number of hydrogen-bond donors (Lipinski definition) is 1. The Morgan fingerprint density at radius 1 is 1.08 bits per heavy atom. The minimum absolute atomic E-state index is 0.0759. The summed E-state index contributed by atoms with van der Waals surface area (Å²) in [4.78, 5) is 2.46. The molecule has 2 aromatic carbocycles. The van der Waals surface area contributed by atoms with Gasteiger partial charge < -0.3 is 9.84 Å². The Bertz CT molecular complexity index is 697. The van der Waals surface area contributed by atoms with Crippen LogP contribution in [0.15, 0.2) is 48.5 Å². The zero-order valence-electron chi connectivity index (χ0n) is 14.2. The Labute approximate surface area is 143 Å². The van der Waals surface area contributed by atoms with E-state index >= 15 is 0 Å². The van der Waals surface area contributed by atoms with Crippen LogP contribution in [0.3, 0.4) is 0 Å². The molecule has 4 rings (SSSR count). The van der Waals surface area contributed by atoms with E-state index in [4.69, 9.17) is 4.74 Å². The molecular weight excluding hydrogens is 298 g/mol. The van der Waals surface area contributed by atoms with Gasteiger partial charge in [0.1, 0.15) is 12.4 Å². The van der Waals surface area contributed by atoms with Gasteiger partial charge in [0.25, 0.3) is 0 Å². The fourth-order valence-corrected chi connectivity index (χ4v) is 3.95. The van der Waals surface area contributed by atoms with E-state index in [1.807, 2.05) is 6.07 Å². The largest absolute Gasteiger partial charge is 0.489 e. The van der Waals surface area contributed by atoms with E-state index in [0.717, 1.165) is 31.8 Å². The van der Waals surface area contributed by atoms with Crippen molar-refractivity contribution in [2.24, 2.45) is 11.8 Å². The molecule has 1 heterocycles. The maximum atomic E-state index is 9.83. The summed E-state index contributed by atoms with van der Waals surface area (Å²) in [6.07, 6.45) is 0.903. The van der Waals surface area contributed by atoms with E-state index in [9.17, 15) is 5.11 Å². The van der Waals surface area contributed by atoms with Crippen LogP contribution < -0.4 is 4.74 Å². The maximum absolute atomic E-state index is 9.83. The number of fused-ring (bicyclic) bond motifs is 1. The Balaban J connectivity index is 1.40. The van der Waals surface area contributed by atoms with Crippen molar-refractivity contribution in [1.82, 2.24) is 4.90 Å². The number of benzene rings is 2. The van der Waals surface area contributed by atoms with Gasteiger partial charge in [0.2, 0.25) is 0 Å². The van der Waals surface area contributed by atoms with Crippen LogP contribution in [0.1, 0.15) is 23.1 Å². The molecule has 1 aliphatic carbocycles. The number of para-hydroxylation sites is 1. The number of aliphatic hydroxyl groups is 1. The summed E-state index contributed by atoms with van der Waals surface area (Å²) in [5, 5.41) is 9.83. The van der Waals surface area contributed by atoms with E-state index in [1.54, 1.807) is 0 Å². The highest BCUT2D eigenvalue weighted by Gasteiger charge is 2.46. The molecule has 2 fully saturated rings. The van der Waals surface area contributed by atoms with Crippen LogP contribution >= 0.6 is 0 Å². The highest BCUT2D eigenvalue weighted by Crippen LogP contribution is 2.41.